The van der Waals surface area contributed by atoms with E-state index in [1.54, 1.807) is 17.9 Å². The molecule has 162 valence electrons. The highest BCUT2D eigenvalue weighted by molar-refractivity contribution is 5.94. The van der Waals surface area contributed by atoms with Gasteiger partial charge in [-0.1, -0.05) is 25.1 Å². The highest BCUT2D eigenvalue weighted by atomic mass is 16.5. The molecule has 0 bridgehead atoms. The minimum Gasteiger partial charge on any atom is -0.497 e. The number of ether oxygens (including phenoxy) is 1. The highest BCUT2D eigenvalue weighted by Crippen LogP contribution is 2.26. The molecule has 2 aromatic carbocycles. The van der Waals surface area contributed by atoms with Crippen molar-refractivity contribution in [3.8, 4) is 22.7 Å². The molecule has 1 atom stereocenters. The number of methoxy groups -OCH3 is 1. The molecule has 0 saturated carbocycles. The Morgan fingerprint density at radius 3 is 2.45 bits per heavy atom. The summed E-state index contributed by atoms with van der Waals surface area (Å²) in [7, 11) is 1.62. The van der Waals surface area contributed by atoms with Crippen LogP contribution in [0.5, 0.6) is 5.75 Å². The summed E-state index contributed by atoms with van der Waals surface area (Å²) in [6, 6.07) is 19.1. The first-order valence-corrected chi connectivity index (χ1v) is 10.4. The molecule has 7 heteroatoms. The van der Waals surface area contributed by atoms with Crippen molar-refractivity contribution in [1.82, 2.24) is 20.4 Å². The molecule has 7 nitrogen and oxygen atoms in total. The van der Waals surface area contributed by atoms with Gasteiger partial charge >= 0.3 is 0 Å². The van der Waals surface area contributed by atoms with E-state index in [0.717, 1.165) is 29.1 Å². The molecule has 0 saturated heterocycles. The van der Waals surface area contributed by atoms with Gasteiger partial charge in [0.15, 0.2) is 5.69 Å². The maximum absolute atomic E-state index is 12.7. The van der Waals surface area contributed by atoms with E-state index in [0.29, 0.717) is 0 Å². The molecule has 3 rings (SSSR count). The normalized spacial score (nSPS) is 11.6. The molecular weight excluding hydrogens is 392 g/mol. The molecular formula is C24H28N4O3. The number of nitrogens with zero attached hydrogens (tertiary/aromatic N) is 2. The average Bonchev–Trinajstić information content (AvgIpc) is 3.25. The third-order valence-corrected chi connectivity index (χ3v) is 4.99. The first-order chi connectivity index (χ1) is 15.0. The van der Waals surface area contributed by atoms with Crippen LogP contribution < -0.4 is 15.4 Å². The van der Waals surface area contributed by atoms with Gasteiger partial charge < -0.3 is 15.4 Å². The predicted octanol–water partition coefficient (Wildman–Crippen LogP) is 3.58. The first-order valence-electron chi connectivity index (χ1n) is 10.4. The van der Waals surface area contributed by atoms with Crippen molar-refractivity contribution in [3.63, 3.8) is 0 Å². The number of carbonyl (C=O) groups excluding carboxylic acids is 2. The zero-order valence-corrected chi connectivity index (χ0v) is 18.1. The largest absolute Gasteiger partial charge is 0.497 e. The Balaban J connectivity index is 1.78. The summed E-state index contributed by atoms with van der Waals surface area (Å²) in [6.45, 7) is 4.21. The zero-order valence-electron chi connectivity index (χ0n) is 18.1. The predicted molar refractivity (Wildman–Crippen MR) is 120 cm³/mol. The Kier molecular flexibility index (Phi) is 7.43. The van der Waals surface area contributed by atoms with Crippen LogP contribution in [-0.4, -0.2) is 41.3 Å². The van der Waals surface area contributed by atoms with E-state index in [9.17, 15) is 9.59 Å². The van der Waals surface area contributed by atoms with Gasteiger partial charge in [0.05, 0.1) is 18.5 Å². The molecule has 0 aliphatic heterocycles. The van der Waals surface area contributed by atoms with Crippen LogP contribution in [0.2, 0.25) is 0 Å². The van der Waals surface area contributed by atoms with E-state index in [1.165, 1.54) is 0 Å². The fraction of sp³-hybridized carbons (Fsp3) is 0.292. The van der Waals surface area contributed by atoms with Crippen LogP contribution in [0.15, 0.2) is 60.7 Å². The number of aromatic nitrogens is 2. The summed E-state index contributed by atoms with van der Waals surface area (Å²) in [5, 5.41) is 10.2. The number of benzene rings is 2. The standard InChI is InChI=1S/C24H28N4O3/c1-4-17(2)26-23(29)14-15-25-24(30)21-16-22(18-10-12-20(31-3)13-11-18)28(27-21)19-8-6-5-7-9-19/h5-13,16-17H,4,14-15H2,1-3H3,(H,25,30)(H,26,29). The summed E-state index contributed by atoms with van der Waals surface area (Å²) in [5.74, 6) is 0.354. The van der Waals surface area contributed by atoms with Crippen molar-refractivity contribution in [1.29, 1.82) is 0 Å². The molecule has 0 aliphatic carbocycles. The maximum Gasteiger partial charge on any atom is 0.271 e. The van der Waals surface area contributed by atoms with E-state index in [-0.39, 0.29) is 36.5 Å². The molecule has 1 heterocycles. The van der Waals surface area contributed by atoms with Crippen LogP contribution in [0.3, 0.4) is 0 Å². The lowest BCUT2D eigenvalue weighted by molar-refractivity contribution is -0.121. The molecule has 0 aliphatic rings. The Morgan fingerprint density at radius 2 is 1.81 bits per heavy atom. The van der Waals surface area contributed by atoms with Gasteiger partial charge in [-0.2, -0.15) is 5.10 Å². The number of amides is 2. The van der Waals surface area contributed by atoms with Crippen LogP contribution in [-0.2, 0) is 4.79 Å². The third kappa shape index (κ3) is 5.72. The zero-order chi connectivity index (χ0) is 22.2. The second kappa shape index (κ2) is 10.4. The van der Waals surface area contributed by atoms with Crippen LogP contribution in [0, 0.1) is 0 Å². The van der Waals surface area contributed by atoms with Crippen molar-refractivity contribution < 1.29 is 14.3 Å². The Labute approximate surface area is 182 Å². The van der Waals surface area contributed by atoms with E-state index in [1.807, 2.05) is 68.4 Å². The summed E-state index contributed by atoms with van der Waals surface area (Å²) < 4.78 is 6.98. The Morgan fingerprint density at radius 1 is 1.10 bits per heavy atom. The smallest absolute Gasteiger partial charge is 0.271 e. The van der Waals surface area contributed by atoms with Gasteiger partial charge in [0.1, 0.15) is 5.75 Å². The molecule has 31 heavy (non-hydrogen) atoms. The monoisotopic (exact) mass is 420 g/mol. The lowest BCUT2D eigenvalue weighted by Crippen LogP contribution is -2.35. The van der Waals surface area contributed by atoms with Crippen molar-refractivity contribution in [2.75, 3.05) is 13.7 Å². The van der Waals surface area contributed by atoms with E-state index >= 15 is 0 Å². The molecule has 0 spiro atoms. The Bertz CT molecular complexity index is 1010. The quantitative estimate of drug-likeness (QED) is 0.554. The van der Waals surface area contributed by atoms with E-state index < -0.39 is 0 Å². The number of hydrogen-bond acceptors (Lipinski definition) is 4. The Hall–Kier alpha value is -3.61. The van der Waals surface area contributed by atoms with Crippen molar-refractivity contribution in [3.05, 3.63) is 66.4 Å². The second-order valence-electron chi connectivity index (χ2n) is 7.27. The van der Waals surface area contributed by atoms with Crippen LogP contribution in [0.1, 0.15) is 37.2 Å². The number of rotatable bonds is 9. The van der Waals surface area contributed by atoms with Gasteiger partial charge in [0.2, 0.25) is 5.91 Å². The second-order valence-corrected chi connectivity index (χ2v) is 7.27. The summed E-state index contributed by atoms with van der Waals surface area (Å²) in [4.78, 5) is 24.6. The van der Waals surface area contributed by atoms with E-state index in [4.69, 9.17) is 4.74 Å². The molecule has 0 radical (unpaired) electrons. The molecule has 1 aromatic heterocycles. The van der Waals surface area contributed by atoms with Gasteiger partial charge in [-0.3, -0.25) is 9.59 Å². The summed E-state index contributed by atoms with van der Waals surface area (Å²) in [5.41, 5.74) is 2.83. The van der Waals surface area contributed by atoms with Gasteiger partial charge in [-0.05, 0) is 55.8 Å². The van der Waals surface area contributed by atoms with Crippen LogP contribution in [0.25, 0.3) is 16.9 Å². The van der Waals surface area contributed by atoms with Gasteiger partial charge in [0.25, 0.3) is 5.91 Å². The van der Waals surface area contributed by atoms with Gasteiger partial charge in [0, 0.05) is 24.6 Å². The molecule has 3 aromatic rings. The fourth-order valence-electron chi connectivity index (χ4n) is 3.05. The topological polar surface area (TPSA) is 85.3 Å². The third-order valence-electron chi connectivity index (χ3n) is 4.99. The minimum atomic E-state index is -0.319. The number of nitrogens with one attached hydrogen (secondary N) is 2. The SMILES string of the molecule is CCC(C)NC(=O)CCNC(=O)c1cc(-c2ccc(OC)cc2)n(-c2ccccc2)n1. The number of hydrogen-bond donors (Lipinski definition) is 2. The van der Waals surface area contributed by atoms with E-state index in [2.05, 4.69) is 15.7 Å². The lowest BCUT2D eigenvalue weighted by atomic mass is 10.1. The van der Waals surface area contributed by atoms with Gasteiger partial charge in [-0.15, -0.1) is 0 Å². The van der Waals surface area contributed by atoms with Crippen molar-refractivity contribution >= 4 is 11.8 Å². The molecule has 2 N–H and O–H groups in total. The van der Waals surface area contributed by atoms with Crippen LogP contribution in [0.4, 0.5) is 0 Å². The maximum atomic E-state index is 12.7. The average molecular weight is 421 g/mol. The van der Waals surface area contributed by atoms with Crippen molar-refractivity contribution in [2.45, 2.75) is 32.7 Å². The van der Waals surface area contributed by atoms with Crippen LogP contribution >= 0.6 is 0 Å². The summed E-state index contributed by atoms with van der Waals surface area (Å²) >= 11 is 0. The molecule has 2 amide bonds. The molecule has 0 fully saturated rings. The molecule has 1 unspecified atom stereocenters. The fourth-order valence-corrected chi connectivity index (χ4v) is 3.05. The van der Waals surface area contributed by atoms with Gasteiger partial charge in [-0.25, -0.2) is 4.68 Å². The summed E-state index contributed by atoms with van der Waals surface area (Å²) in [6.07, 6.45) is 1.09. The highest BCUT2D eigenvalue weighted by Gasteiger charge is 2.17. The lowest BCUT2D eigenvalue weighted by Gasteiger charge is -2.11. The minimum absolute atomic E-state index is 0.0802. The first kappa shape index (κ1) is 22.1. The number of carbonyl (C=O) groups is 2. The number of para-hydroxylation sites is 1. The van der Waals surface area contributed by atoms with Crippen molar-refractivity contribution in [2.24, 2.45) is 0 Å².